The van der Waals surface area contributed by atoms with Crippen LogP contribution in [0.25, 0.3) is 0 Å². The molecule has 67 heavy (non-hydrogen) atoms. The molecule has 8 nitrogen and oxygen atoms in total. The van der Waals surface area contributed by atoms with Crippen molar-refractivity contribution < 1.29 is 108 Å². The Hall–Kier alpha value is -4.49. The van der Waals surface area contributed by atoms with Crippen molar-refractivity contribution in [3.05, 3.63) is 65.7 Å². The number of ether oxygens (including phenoxy) is 4. The van der Waals surface area contributed by atoms with Crippen LogP contribution in [0.2, 0.25) is 17.1 Å². The monoisotopic (exact) mass is 1020 g/mol. The fraction of sp³-hybridized carbons (Fsp3) is 0.610. The van der Waals surface area contributed by atoms with Gasteiger partial charge in [-0.3, -0.25) is 5.32 Å². The highest BCUT2D eigenvalue weighted by Crippen LogP contribution is 2.64. The molecule has 0 saturated heterocycles. The molecule has 2 aromatic rings. The van der Waals surface area contributed by atoms with Gasteiger partial charge in [-0.15, -0.1) is 0 Å². The van der Waals surface area contributed by atoms with Crippen molar-refractivity contribution in [2.45, 2.75) is 126 Å². The molecule has 0 heterocycles. The van der Waals surface area contributed by atoms with E-state index >= 15 is 8.78 Å². The molecule has 1 N–H and O–H groups in total. The molecule has 0 aliphatic heterocycles. The lowest BCUT2D eigenvalue weighted by molar-refractivity contribution is -0.461. The highest BCUT2D eigenvalue weighted by Gasteiger charge is 2.95. The maximum Gasteiger partial charge on any atom is 0.460 e. The van der Waals surface area contributed by atoms with Crippen molar-refractivity contribution >= 4 is 26.1 Å². The van der Waals surface area contributed by atoms with E-state index in [1.165, 1.54) is 72.1 Å². The van der Waals surface area contributed by atoms with Gasteiger partial charge < -0.3 is 23.4 Å². The smallest absolute Gasteiger partial charge is 0.460 e. The van der Waals surface area contributed by atoms with E-state index in [-0.39, 0.29) is 17.9 Å². The van der Waals surface area contributed by atoms with E-state index in [0.29, 0.717) is 17.0 Å². The van der Waals surface area contributed by atoms with Gasteiger partial charge in [0.05, 0.1) is 20.3 Å². The highest BCUT2D eigenvalue weighted by atomic mass is 28.4. The maximum absolute atomic E-state index is 15.0. The summed E-state index contributed by atoms with van der Waals surface area (Å²) in [4.78, 5) is 25.3. The summed E-state index contributed by atoms with van der Waals surface area (Å²) in [7, 11) is -2.58. The first kappa shape index (κ1) is 58.6. The number of esters is 1. The number of rotatable bonds is 24. The zero-order chi connectivity index (χ0) is 52.0. The van der Waals surface area contributed by atoms with Gasteiger partial charge in [0.2, 0.25) is 0 Å². The molecule has 0 bridgehead atoms. The van der Waals surface area contributed by atoms with Crippen molar-refractivity contribution in [2.75, 3.05) is 32.2 Å². The first-order valence-electron chi connectivity index (χ1n) is 19.9. The van der Waals surface area contributed by atoms with E-state index in [2.05, 4.69) is 5.32 Å². The first-order chi connectivity index (χ1) is 30.4. The Kier molecular flexibility index (Phi) is 18.8. The van der Waals surface area contributed by atoms with Crippen LogP contribution < -0.4 is 14.8 Å². The fourth-order valence-electron chi connectivity index (χ4n) is 6.71. The van der Waals surface area contributed by atoms with Gasteiger partial charge in [0, 0.05) is 23.6 Å². The van der Waals surface area contributed by atoms with Crippen LogP contribution >= 0.6 is 0 Å². The van der Waals surface area contributed by atoms with Crippen molar-refractivity contribution in [1.82, 2.24) is 0 Å². The number of anilines is 1. The summed E-state index contributed by atoms with van der Waals surface area (Å²) >= 11 is 0. The number of halogens is 17. The van der Waals surface area contributed by atoms with Crippen molar-refractivity contribution in [3.63, 3.8) is 0 Å². The number of methoxy groups -OCH3 is 1. The Balaban J connectivity index is 2.32. The Morgan fingerprint density at radius 3 is 1.57 bits per heavy atom. The lowest BCUT2D eigenvalue weighted by atomic mass is 9.88. The Morgan fingerprint density at radius 1 is 0.657 bits per heavy atom. The minimum Gasteiger partial charge on any atom is -0.497 e. The minimum absolute atomic E-state index is 0.0862. The average molecular weight is 1020 g/mol. The summed E-state index contributed by atoms with van der Waals surface area (Å²) < 4.78 is 263. The molecule has 0 aromatic heterocycles. The predicted octanol–water partition coefficient (Wildman–Crippen LogP) is 13.7. The highest BCUT2D eigenvalue weighted by molar-refractivity contribution is 6.76. The molecule has 2 atom stereocenters. The van der Waals surface area contributed by atoms with Crippen LogP contribution in [0.15, 0.2) is 60.2 Å². The summed E-state index contributed by atoms with van der Waals surface area (Å²) in [6.45, 7) is 9.09. The van der Waals surface area contributed by atoms with Crippen LogP contribution in [0.3, 0.4) is 0 Å². The second-order valence-electron chi connectivity index (χ2n) is 15.8. The van der Waals surface area contributed by atoms with Gasteiger partial charge in [0.25, 0.3) is 0 Å². The van der Waals surface area contributed by atoms with Crippen LogP contribution in [0.1, 0.15) is 66.6 Å². The lowest BCUT2D eigenvalue weighted by Crippen LogP contribution is -2.74. The second kappa shape index (κ2) is 21.4. The molecule has 26 heteroatoms. The molecule has 0 radical (unpaired) electrons. The van der Waals surface area contributed by atoms with E-state index in [4.69, 9.17) is 23.4 Å². The van der Waals surface area contributed by atoms with Gasteiger partial charge in [-0.1, -0.05) is 52.8 Å². The average Bonchev–Trinajstić information content (AvgIpc) is 3.22. The van der Waals surface area contributed by atoms with Gasteiger partial charge >= 0.3 is 59.7 Å². The Labute approximate surface area is 374 Å². The number of hydrogen-bond donors (Lipinski definition) is 1. The molecule has 1 amide bonds. The van der Waals surface area contributed by atoms with Crippen molar-refractivity contribution in [1.29, 1.82) is 0 Å². The van der Waals surface area contributed by atoms with E-state index in [9.17, 15) is 75.4 Å². The lowest BCUT2D eigenvalue weighted by Gasteiger charge is -2.44. The SMILES string of the molecule is CCOC(=O)/C(C)=C/[C@H](C)[C@H](OC(=O)Nc1ccc(OC)cc1)c1ccc(OCCO[Si](CCC(F)(F)C(F)(F)C(F)(F)C(F)(F)C(F)(F)C(F)(F)C(F)(F)C(F)(F)F)(C(C)C)C(C)C)cc1. The van der Waals surface area contributed by atoms with Crippen LogP contribution in [0.5, 0.6) is 11.5 Å². The largest absolute Gasteiger partial charge is 0.497 e. The van der Waals surface area contributed by atoms with Crippen molar-refractivity contribution in [3.8, 4) is 11.5 Å². The molecule has 0 fully saturated rings. The van der Waals surface area contributed by atoms with Gasteiger partial charge in [-0.2, -0.15) is 74.6 Å². The Bertz CT molecular complexity index is 1970. The molecule has 0 aliphatic carbocycles. The molecule has 2 rings (SSSR count). The first-order valence-corrected chi connectivity index (χ1v) is 22.2. The van der Waals surface area contributed by atoms with Gasteiger partial charge in [0.15, 0.2) is 8.32 Å². The summed E-state index contributed by atoms with van der Waals surface area (Å²) in [5.41, 5.74) is -0.877. The number of carbonyl (C=O) groups excluding carboxylic acids is 2. The standard InChI is InChI=1S/C41H48F17NO7Si/c1-9-63-32(60)26(7)22-25(6)31(66-33(61)59-28-12-16-29(62-8)17-13-28)27-10-14-30(15-11-27)64-19-20-65-67(23(2)3,24(4)5)21-18-34(42,43)35(44,45)36(46,47)37(48,49)38(50,51)39(52,53)40(54,55)41(56,57)58/h10-17,22-25,31H,9,18-21H2,1-8H3,(H,59,61)/b26-22+/t25-,31-/m0/s1. The number of carbonyl (C=O) groups is 2. The number of benzene rings is 2. The molecule has 0 aliphatic rings. The molecular weight excluding hydrogens is 970 g/mol. The normalized spacial score (nSPS) is 15.1. The summed E-state index contributed by atoms with van der Waals surface area (Å²) in [6.07, 6.45) is -10.8. The predicted molar refractivity (Wildman–Crippen MR) is 209 cm³/mol. The van der Waals surface area contributed by atoms with E-state index in [0.717, 1.165) is 0 Å². The van der Waals surface area contributed by atoms with Gasteiger partial charge in [-0.05, 0) is 72.9 Å². The van der Waals surface area contributed by atoms with Gasteiger partial charge in [-0.25, -0.2) is 9.59 Å². The number of amides is 1. The molecule has 0 spiro atoms. The molecule has 0 saturated carbocycles. The number of alkyl halides is 17. The molecule has 0 unspecified atom stereocenters. The van der Waals surface area contributed by atoms with E-state index < -0.39 is 117 Å². The third kappa shape index (κ3) is 12.0. The third-order valence-corrected chi connectivity index (χ3v) is 16.3. The molecule has 382 valence electrons. The fourth-order valence-corrected chi connectivity index (χ4v) is 11.2. The summed E-state index contributed by atoms with van der Waals surface area (Å²) in [5.74, 6) is -57.5. The molecule has 2 aromatic carbocycles. The number of nitrogens with one attached hydrogen (secondary N) is 1. The van der Waals surface area contributed by atoms with Crippen LogP contribution in [-0.2, 0) is 18.7 Å². The Morgan fingerprint density at radius 2 is 1.12 bits per heavy atom. The van der Waals surface area contributed by atoms with Crippen LogP contribution in [-0.4, -0.2) is 94.9 Å². The van der Waals surface area contributed by atoms with E-state index in [1.54, 1.807) is 38.1 Å². The van der Waals surface area contributed by atoms with Gasteiger partial charge in [0.1, 0.15) is 24.2 Å². The quantitative estimate of drug-likeness (QED) is 0.0368. The topological polar surface area (TPSA) is 92.3 Å². The zero-order valence-corrected chi connectivity index (χ0v) is 37.8. The molecular formula is C41H48F17NO7Si. The third-order valence-electron chi connectivity index (χ3n) is 10.7. The minimum atomic E-state index is -8.70. The maximum atomic E-state index is 15.0. The zero-order valence-electron chi connectivity index (χ0n) is 36.8. The second-order valence-corrected chi connectivity index (χ2v) is 20.8. The van der Waals surface area contributed by atoms with Crippen molar-refractivity contribution in [2.24, 2.45) is 5.92 Å². The van der Waals surface area contributed by atoms with Crippen LogP contribution in [0.4, 0.5) is 85.1 Å². The summed E-state index contributed by atoms with van der Waals surface area (Å²) in [5, 5.41) is 2.56. The summed E-state index contributed by atoms with van der Waals surface area (Å²) in [6, 6.07) is 10.6. The number of hydrogen-bond acceptors (Lipinski definition) is 7. The van der Waals surface area contributed by atoms with Crippen LogP contribution in [0, 0.1) is 5.92 Å². The van der Waals surface area contributed by atoms with E-state index in [1.807, 2.05) is 0 Å².